The number of benzene rings is 1. The minimum absolute atomic E-state index is 0.0486. The molecule has 1 rings (SSSR count). The van der Waals surface area contributed by atoms with Crippen LogP contribution in [0.3, 0.4) is 0 Å². The van der Waals surface area contributed by atoms with Crippen LogP contribution in [0.15, 0.2) is 23.3 Å². The Morgan fingerprint density at radius 1 is 1.36 bits per heavy atom. The second-order valence-corrected chi connectivity index (χ2v) is 1.94. The first kappa shape index (κ1) is 7.65. The Morgan fingerprint density at radius 2 is 2.09 bits per heavy atom. The third-order valence-corrected chi connectivity index (χ3v) is 1.17. The van der Waals surface area contributed by atoms with E-state index in [0.29, 0.717) is 0 Å². The smallest absolute Gasteiger partial charge is 0.132 e. The predicted octanol–water partition coefficient (Wildman–Crippen LogP) is 1.26. The van der Waals surface area contributed by atoms with Crippen molar-refractivity contribution >= 4 is 6.21 Å². The van der Waals surface area contributed by atoms with Gasteiger partial charge in [0, 0.05) is 5.56 Å². The lowest BCUT2D eigenvalue weighted by atomic mass is 10.2. The zero-order valence-corrected chi connectivity index (χ0v) is 5.59. The topological polar surface area (TPSA) is 38.4 Å². The molecule has 0 amide bonds. The van der Waals surface area contributed by atoms with Crippen molar-refractivity contribution in [3.63, 3.8) is 0 Å². The summed E-state index contributed by atoms with van der Waals surface area (Å²) in [5, 5.41) is 3.08. The van der Waals surface area contributed by atoms with E-state index in [2.05, 4.69) is 5.10 Å². The van der Waals surface area contributed by atoms with E-state index in [9.17, 15) is 8.78 Å². The van der Waals surface area contributed by atoms with Gasteiger partial charge in [-0.25, -0.2) is 8.78 Å². The molecule has 0 bridgehead atoms. The van der Waals surface area contributed by atoms with Crippen molar-refractivity contribution in [2.75, 3.05) is 0 Å². The van der Waals surface area contributed by atoms with Crippen molar-refractivity contribution in [2.45, 2.75) is 0 Å². The molecule has 0 aromatic heterocycles. The zero-order chi connectivity index (χ0) is 8.27. The molecule has 0 heterocycles. The molecule has 0 spiro atoms. The molecule has 11 heavy (non-hydrogen) atoms. The predicted molar refractivity (Wildman–Crippen MR) is 38.1 cm³/mol. The van der Waals surface area contributed by atoms with Crippen molar-refractivity contribution in [2.24, 2.45) is 10.9 Å². The zero-order valence-electron chi connectivity index (χ0n) is 5.59. The van der Waals surface area contributed by atoms with Crippen LogP contribution in [-0.4, -0.2) is 6.21 Å². The van der Waals surface area contributed by atoms with Gasteiger partial charge < -0.3 is 5.84 Å². The maximum atomic E-state index is 12.6. The Balaban J connectivity index is 3.12. The maximum absolute atomic E-state index is 12.6. The highest BCUT2D eigenvalue weighted by Crippen LogP contribution is 2.06. The number of hydrogen-bond donors (Lipinski definition) is 1. The SMILES string of the molecule is N/N=C/c1cc(F)ccc1F. The van der Waals surface area contributed by atoms with Crippen molar-refractivity contribution in [1.82, 2.24) is 0 Å². The van der Waals surface area contributed by atoms with Crippen LogP contribution in [0, 0.1) is 11.6 Å². The summed E-state index contributed by atoms with van der Waals surface area (Å²) in [4.78, 5) is 0. The van der Waals surface area contributed by atoms with Gasteiger partial charge in [-0.1, -0.05) is 0 Å². The van der Waals surface area contributed by atoms with E-state index in [-0.39, 0.29) is 5.56 Å². The fourth-order valence-corrected chi connectivity index (χ4v) is 0.694. The molecule has 58 valence electrons. The summed E-state index contributed by atoms with van der Waals surface area (Å²) in [5.41, 5.74) is 0.0486. The van der Waals surface area contributed by atoms with Gasteiger partial charge in [-0.05, 0) is 18.2 Å². The van der Waals surface area contributed by atoms with Crippen LogP contribution in [0.2, 0.25) is 0 Å². The standard InChI is InChI=1S/C7H6F2N2/c8-6-1-2-7(9)5(3-6)4-11-10/h1-4H,10H2/b11-4+. The number of nitrogens with two attached hydrogens (primary N) is 1. The lowest BCUT2D eigenvalue weighted by Crippen LogP contribution is -1.91. The van der Waals surface area contributed by atoms with Gasteiger partial charge in [0.1, 0.15) is 11.6 Å². The summed E-state index contributed by atoms with van der Waals surface area (Å²) in [5.74, 6) is 3.71. The average Bonchev–Trinajstić information content (AvgIpc) is 1.98. The molecule has 0 aliphatic rings. The first-order chi connectivity index (χ1) is 5.24. The van der Waals surface area contributed by atoms with Crippen molar-refractivity contribution in [1.29, 1.82) is 0 Å². The molecule has 1 aromatic rings. The molecular formula is C7H6F2N2. The van der Waals surface area contributed by atoms with E-state index >= 15 is 0 Å². The molecule has 2 N–H and O–H groups in total. The van der Waals surface area contributed by atoms with Gasteiger partial charge in [-0.3, -0.25) is 0 Å². The summed E-state index contributed by atoms with van der Waals surface area (Å²) >= 11 is 0. The highest BCUT2D eigenvalue weighted by Gasteiger charge is 1.99. The van der Waals surface area contributed by atoms with Gasteiger partial charge in [-0.15, -0.1) is 0 Å². The Hall–Kier alpha value is -1.45. The van der Waals surface area contributed by atoms with Crippen LogP contribution in [0.25, 0.3) is 0 Å². The van der Waals surface area contributed by atoms with Crippen LogP contribution < -0.4 is 5.84 Å². The van der Waals surface area contributed by atoms with Gasteiger partial charge in [-0.2, -0.15) is 5.10 Å². The monoisotopic (exact) mass is 156 g/mol. The van der Waals surface area contributed by atoms with E-state index < -0.39 is 11.6 Å². The van der Waals surface area contributed by atoms with Gasteiger partial charge in [0.15, 0.2) is 0 Å². The van der Waals surface area contributed by atoms with E-state index in [4.69, 9.17) is 5.84 Å². The summed E-state index contributed by atoms with van der Waals surface area (Å²) in [6.45, 7) is 0. The average molecular weight is 156 g/mol. The Bertz CT molecular complexity index is 284. The van der Waals surface area contributed by atoms with E-state index in [1.165, 1.54) is 0 Å². The van der Waals surface area contributed by atoms with Crippen molar-refractivity contribution in [3.05, 3.63) is 35.4 Å². The molecule has 0 saturated carbocycles. The first-order valence-corrected chi connectivity index (χ1v) is 2.92. The van der Waals surface area contributed by atoms with Crippen molar-refractivity contribution in [3.8, 4) is 0 Å². The molecule has 2 nitrogen and oxygen atoms in total. The lowest BCUT2D eigenvalue weighted by molar-refractivity contribution is 0.598. The Labute approximate surface area is 62.3 Å². The molecule has 0 saturated heterocycles. The molecule has 1 aromatic carbocycles. The van der Waals surface area contributed by atoms with E-state index in [1.54, 1.807) is 0 Å². The number of rotatable bonds is 1. The second-order valence-electron chi connectivity index (χ2n) is 1.94. The molecule has 0 atom stereocenters. The largest absolute Gasteiger partial charge is 0.323 e. The first-order valence-electron chi connectivity index (χ1n) is 2.92. The van der Waals surface area contributed by atoms with Gasteiger partial charge >= 0.3 is 0 Å². The molecule has 0 fully saturated rings. The summed E-state index contributed by atoms with van der Waals surface area (Å²) in [6.07, 6.45) is 1.05. The fraction of sp³-hybridized carbons (Fsp3) is 0. The summed E-state index contributed by atoms with van der Waals surface area (Å²) in [7, 11) is 0. The Kier molecular flexibility index (Phi) is 2.15. The minimum atomic E-state index is -0.541. The number of hydrazone groups is 1. The Morgan fingerprint density at radius 3 is 2.73 bits per heavy atom. The maximum Gasteiger partial charge on any atom is 0.132 e. The van der Waals surface area contributed by atoms with E-state index in [0.717, 1.165) is 24.4 Å². The lowest BCUT2D eigenvalue weighted by Gasteiger charge is -1.93. The quantitative estimate of drug-likeness (QED) is 0.371. The van der Waals surface area contributed by atoms with Gasteiger partial charge in [0.25, 0.3) is 0 Å². The second kappa shape index (κ2) is 3.09. The minimum Gasteiger partial charge on any atom is -0.323 e. The van der Waals surface area contributed by atoms with Crippen molar-refractivity contribution < 1.29 is 8.78 Å². The van der Waals surface area contributed by atoms with Gasteiger partial charge in [0.05, 0.1) is 6.21 Å². The number of halogens is 2. The van der Waals surface area contributed by atoms with Crippen LogP contribution in [-0.2, 0) is 0 Å². The van der Waals surface area contributed by atoms with Crippen LogP contribution in [0.4, 0.5) is 8.78 Å². The third-order valence-electron chi connectivity index (χ3n) is 1.17. The summed E-state index contributed by atoms with van der Waals surface area (Å²) in [6, 6.07) is 3.07. The fourth-order valence-electron chi connectivity index (χ4n) is 0.694. The molecule has 0 unspecified atom stereocenters. The summed E-state index contributed by atoms with van der Waals surface area (Å²) < 4.78 is 25.0. The van der Waals surface area contributed by atoms with Crippen LogP contribution >= 0.6 is 0 Å². The third kappa shape index (κ3) is 1.73. The van der Waals surface area contributed by atoms with Crippen LogP contribution in [0.1, 0.15) is 5.56 Å². The normalized spacial score (nSPS) is 10.7. The molecule has 0 radical (unpaired) electrons. The number of hydrogen-bond acceptors (Lipinski definition) is 2. The van der Waals surface area contributed by atoms with E-state index in [1.807, 2.05) is 0 Å². The highest BCUT2D eigenvalue weighted by atomic mass is 19.1. The molecule has 0 aliphatic heterocycles. The highest BCUT2D eigenvalue weighted by molar-refractivity contribution is 5.79. The molecular weight excluding hydrogens is 150 g/mol. The van der Waals surface area contributed by atoms with Gasteiger partial charge in [0.2, 0.25) is 0 Å². The van der Waals surface area contributed by atoms with Crippen LogP contribution in [0.5, 0.6) is 0 Å². The molecule has 0 aliphatic carbocycles. The molecule has 4 heteroatoms. The number of nitrogens with zero attached hydrogens (tertiary/aromatic N) is 1.